The molecule has 1 N–H and O–H groups in total. The number of benzene rings is 1. The summed E-state index contributed by atoms with van der Waals surface area (Å²) < 4.78 is 11.1. The van der Waals surface area contributed by atoms with Crippen molar-refractivity contribution in [3.63, 3.8) is 0 Å². The van der Waals surface area contributed by atoms with Crippen molar-refractivity contribution >= 4 is 29.3 Å². The number of hydrogen-bond donors (Lipinski definition) is 1. The number of aromatic nitrogens is 2. The summed E-state index contributed by atoms with van der Waals surface area (Å²) in [5, 5.41) is 11.9. The molecule has 8 heteroatoms. The summed E-state index contributed by atoms with van der Waals surface area (Å²) in [6.45, 7) is 2.32. The van der Waals surface area contributed by atoms with Crippen molar-refractivity contribution in [2.75, 3.05) is 5.75 Å². The van der Waals surface area contributed by atoms with Gasteiger partial charge in [-0.15, -0.1) is 10.2 Å². The number of ether oxygens (including phenoxy) is 1. The van der Waals surface area contributed by atoms with E-state index >= 15 is 0 Å². The number of amides is 1. The normalized spacial score (nSPS) is 19.9. The van der Waals surface area contributed by atoms with Crippen molar-refractivity contribution in [1.29, 1.82) is 0 Å². The Morgan fingerprint density at radius 1 is 1.35 bits per heavy atom. The summed E-state index contributed by atoms with van der Waals surface area (Å²) >= 11 is 7.26. The topological polar surface area (TPSA) is 77.2 Å². The van der Waals surface area contributed by atoms with Crippen LogP contribution in [0.1, 0.15) is 38.5 Å². The fraction of sp³-hybridized carbons (Fsp3) is 0.500. The van der Waals surface area contributed by atoms with Gasteiger partial charge >= 0.3 is 0 Å². The van der Waals surface area contributed by atoms with Gasteiger partial charge in [0.25, 0.3) is 11.1 Å². The third-order valence-electron chi connectivity index (χ3n) is 4.42. The van der Waals surface area contributed by atoms with Crippen molar-refractivity contribution in [1.82, 2.24) is 15.5 Å². The van der Waals surface area contributed by atoms with E-state index in [0.29, 0.717) is 27.8 Å². The van der Waals surface area contributed by atoms with E-state index in [1.165, 1.54) is 31.0 Å². The van der Waals surface area contributed by atoms with E-state index in [1.54, 1.807) is 12.1 Å². The molecule has 1 fully saturated rings. The molecule has 1 saturated carbocycles. The molecule has 1 aliphatic carbocycles. The van der Waals surface area contributed by atoms with E-state index in [2.05, 4.69) is 22.4 Å². The van der Waals surface area contributed by atoms with Crippen molar-refractivity contribution in [2.24, 2.45) is 5.92 Å². The highest BCUT2D eigenvalue weighted by Crippen LogP contribution is 2.25. The molecule has 0 bridgehead atoms. The second-order valence-corrected chi connectivity index (χ2v) is 7.74. The van der Waals surface area contributed by atoms with E-state index in [-0.39, 0.29) is 24.3 Å². The van der Waals surface area contributed by atoms with Crippen LogP contribution in [0, 0.1) is 5.92 Å². The molecule has 26 heavy (non-hydrogen) atoms. The highest BCUT2D eigenvalue weighted by Gasteiger charge is 2.23. The Labute approximate surface area is 162 Å². The van der Waals surface area contributed by atoms with Crippen LogP contribution in [0.5, 0.6) is 5.75 Å². The van der Waals surface area contributed by atoms with Crippen molar-refractivity contribution in [2.45, 2.75) is 50.5 Å². The van der Waals surface area contributed by atoms with E-state index in [9.17, 15) is 4.79 Å². The van der Waals surface area contributed by atoms with Gasteiger partial charge in [-0.1, -0.05) is 55.3 Å². The number of rotatable bonds is 7. The van der Waals surface area contributed by atoms with E-state index in [4.69, 9.17) is 20.8 Å². The van der Waals surface area contributed by atoms with Crippen LogP contribution in [0.4, 0.5) is 0 Å². The Bertz CT molecular complexity index is 740. The molecular weight excluding hydrogens is 374 g/mol. The first-order chi connectivity index (χ1) is 12.6. The minimum Gasteiger partial charge on any atom is -0.482 e. The standard InChI is InChI=1S/C18H22ClN3O3S/c1-12-6-2-4-8-14(12)20-16(23)11-26-18-22-21-17(25-18)10-24-15-9-5-3-7-13(15)19/h3,5,7,9,12,14H,2,4,6,8,10-11H2,1H3,(H,20,23)/t12-,14-/m0/s1. The second kappa shape index (κ2) is 9.28. The molecule has 0 aliphatic heterocycles. The van der Waals surface area contributed by atoms with Crippen molar-refractivity contribution in [3.05, 3.63) is 35.2 Å². The fourth-order valence-electron chi connectivity index (χ4n) is 2.96. The van der Waals surface area contributed by atoms with E-state index < -0.39 is 0 Å². The van der Waals surface area contributed by atoms with Gasteiger partial charge in [-0.05, 0) is 30.9 Å². The Hall–Kier alpha value is -1.73. The smallest absolute Gasteiger partial charge is 0.277 e. The molecule has 2 aromatic rings. The maximum absolute atomic E-state index is 12.1. The Balaban J connectivity index is 1.43. The van der Waals surface area contributed by atoms with Gasteiger partial charge in [-0.3, -0.25) is 4.79 Å². The Morgan fingerprint density at radius 3 is 2.96 bits per heavy atom. The summed E-state index contributed by atoms with van der Waals surface area (Å²) in [6.07, 6.45) is 4.67. The number of carbonyl (C=O) groups is 1. The highest BCUT2D eigenvalue weighted by molar-refractivity contribution is 7.99. The zero-order valence-electron chi connectivity index (χ0n) is 14.6. The molecule has 3 rings (SSSR count). The summed E-state index contributed by atoms with van der Waals surface area (Å²) in [5.74, 6) is 1.70. The molecule has 140 valence electrons. The lowest BCUT2D eigenvalue weighted by Gasteiger charge is -2.29. The number of halogens is 1. The predicted molar refractivity (Wildman–Crippen MR) is 100 cm³/mol. The molecule has 2 atom stereocenters. The molecule has 0 radical (unpaired) electrons. The van der Waals surface area contributed by atoms with Gasteiger partial charge in [0.1, 0.15) is 5.75 Å². The third-order valence-corrected chi connectivity index (χ3v) is 5.55. The van der Waals surface area contributed by atoms with Crippen LogP contribution in [0.15, 0.2) is 33.9 Å². The lowest BCUT2D eigenvalue weighted by Crippen LogP contribution is -2.41. The van der Waals surface area contributed by atoms with Crippen LogP contribution < -0.4 is 10.1 Å². The summed E-state index contributed by atoms with van der Waals surface area (Å²) in [5.41, 5.74) is 0. The largest absolute Gasteiger partial charge is 0.482 e. The minimum atomic E-state index is 0.000757. The van der Waals surface area contributed by atoms with Gasteiger partial charge in [-0.2, -0.15) is 0 Å². The molecule has 6 nitrogen and oxygen atoms in total. The SMILES string of the molecule is C[C@H]1CCCC[C@@H]1NC(=O)CSc1nnc(COc2ccccc2Cl)o1. The predicted octanol–water partition coefficient (Wildman–Crippen LogP) is 4.09. The molecule has 1 aromatic carbocycles. The molecule has 1 amide bonds. The van der Waals surface area contributed by atoms with Gasteiger partial charge in [0.15, 0.2) is 6.61 Å². The first kappa shape index (κ1) is 19.0. The molecule has 1 heterocycles. The average molecular weight is 396 g/mol. The summed E-state index contributed by atoms with van der Waals surface area (Å²) in [7, 11) is 0. The van der Waals surface area contributed by atoms with Gasteiger partial charge < -0.3 is 14.5 Å². The van der Waals surface area contributed by atoms with Gasteiger partial charge in [-0.25, -0.2) is 0 Å². The molecule has 0 saturated heterocycles. The summed E-state index contributed by atoms with van der Waals surface area (Å²) in [4.78, 5) is 12.1. The van der Waals surface area contributed by atoms with Crippen LogP contribution in [0.25, 0.3) is 0 Å². The molecule has 1 aliphatic rings. The first-order valence-corrected chi connectivity index (χ1v) is 10.1. The van der Waals surface area contributed by atoms with Crippen LogP contribution in [0.3, 0.4) is 0 Å². The van der Waals surface area contributed by atoms with Gasteiger partial charge in [0, 0.05) is 6.04 Å². The summed E-state index contributed by atoms with van der Waals surface area (Å²) in [6, 6.07) is 7.46. The van der Waals surface area contributed by atoms with Crippen LogP contribution in [-0.2, 0) is 11.4 Å². The average Bonchev–Trinajstić information content (AvgIpc) is 3.09. The first-order valence-electron chi connectivity index (χ1n) is 8.73. The zero-order valence-corrected chi connectivity index (χ0v) is 16.2. The van der Waals surface area contributed by atoms with Crippen LogP contribution in [-0.4, -0.2) is 27.9 Å². The maximum atomic E-state index is 12.1. The Kier molecular flexibility index (Phi) is 6.80. The molecular formula is C18H22ClN3O3S. The van der Waals surface area contributed by atoms with Gasteiger partial charge in [0.05, 0.1) is 10.8 Å². The quantitative estimate of drug-likeness (QED) is 0.711. The van der Waals surface area contributed by atoms with Crippen LogP contribution >= 0.6 is 23.4 Å². The molecule has 0 unspecified atom stereocenters. The van der Waals surface area contributed by atoms with E-state index in [0.717, 1.165) is 6.42 Å². The number of para-hydroxylation sites is 1. The molecule has 0 spiro atoms. The van der Waals surface area contributed by atoms with Crippen molar-refractivity contribution in [3.8, 4) is 5.75 Å². The Morgan fingerprint density at radius 2 is 2.15 bits per heavy atom. The maximum Gasteiger partial charge on any atom is 0.277 e. The third kappa shape index (κ3) is 5.38. The lowest BCUT2D eigenvalue weighted by molar-refractivity contribution is -0.119. The number of nitrogens with zero attached hydrogens (tertiary/aromatic N) is 2. The highest BCUT2D eigenvalue weighted by atomic mass is 35.5. The van der Waals surface area contributed by atoms with Gasteiger partial charge in [0.2, 0.25) is 5.91 Å². The fourth-order valence-corrected chi connectivity index (χ4v) is 3.74. The number of nitrogens with one attached hydrogen (secondary N) is 1. The number of thioether (sulfide) groups is 1. The monoisotopic (exact) mass is 395 g/mol. The number of hydrogen-bond acceptors (Lipinski definition) is 6. The zero-order chi connectivity index (χ0) is 18.4. The molecule has 1 aromatic heterocycles. The lowest BCUT2D eigenvalue weighted by atomic mass is 9.86. The number of carbonyl (C=O) groups excluding carboxylic acids is 1. The van der Waals surface area contributed by atoms with Crippen LogP contribution in [0.2, 0.25) is 5.02 Å². The minimum absolute atomic E-state index is 0.000757. The second-order valence-electron chi connectivity index (χ2n) is 6.41. The van der Waals surface area contributed by atoms with Crippen molar-refractivity contribution < 1.29 is 13.9 Å². The van der Waals surface area contributed by atoms with E-state index in [1.807, 2.05) is 12.1 Å².